The van der Waals surface area contributed by atoms with E-state index in [2.05, 4.69) is 5.32 Å². The van der Waals surface area contributed by atoms with Gasteiger partial charge in [0, 0.05) is 6.42 Å². The first-order valence-electron chi connectivity index (χ1n) is 21.5. The van der Waals surface area contributed by atoms with Crippen molar-refractivity contribution in [3.8, 4) is 0 Å². The minimum atomic E-state index is 0.511. The topological polar surface area (TPSA) is 46.2 Å². The molecule has 0 amide bonds. The van der Waals surface area contributed by atoms with E-state index in [0.29, 0.717) is 6.54 Å². The quantitative estimate of drug-likeness (QED) is 0.0529. The number of aldehydes is 2. The van der Waals surface area contributed by atoms with Gasteiger partial charge in [0.1, 0.15) is 12.6 Å². The molecule has 0 saturated carbocycles. The lowest BCUT2D eigenvalue weighted by molar-refractivity contribution is -0.108. The van der Waals surface area contributed by atoms with Crippen molar-refractivity contribution in [3.05, 3.63) is 0 Å². The first kappa shape index (κ1) is 45.3. The summed E-state index contributed by atoms with van der Waals surface area (Å²) in [6.07, 6.45) is 56.8. The monoisotopic (exact) mass is 648 g/mol. The van der Waals surface area contributed by atoms with E-state index in [4.69, 9.17) is 0 Å². The summed E-state index contributed by atoms with van der Waals surface area (Å²) in [5, 5.41) is 3.14. The fourth-order valence-corrected chi connectivity index (χ4v) is 7.00. The average molecular weight is 648 g/mol. The highest BCUT2D eigenvalue weighted by molar-refractivity contribution is 5.51. The summed E-state index contributed by atoms with van der Waals surface area (Å²) in [6, 6.07) is 0. The van der Waals surface area contributed by atoms with Crippen LogP contribution in [-0.2, 0) is 9.59 Å². The molecule has 0 bridgehead atoms. The van der Waals surface area contributed by atoms with Gasteiger partial charge in [-0.2, -0.15) is 0 Å². The minimum absolute atomic E-state index is 0.511. The van der Waals surface area contributed by atoms with E-state index in [1.165, 1.54) is 238 Å². The Kier molecular flexibility index (Phi) is 43.6. The van der Waals surface area contributed by atoms with Gasteiger partial charge in [0.15, 0.2) is 0 Å². The zero-order chi connectivity index (χ0) is 33.1. The lowest BCUT2D eigenvalue weighted by Gasteiger charge is -2.05. The predicted molar refractivity (Wildman–Crippen MR) is 205 cm³/mol. The van der Waals surface area contributed by atoms with Crippen molar-refractivity contribution >= 4 is 12.6 Å². The van der Waals surface area contributed by atoms with Crippen LogP contribution in [-0.4, -0.2) is 25.7 Å². The Hall–Kier alpha value is -0.700. The van der Waals surface area contributed by atoms with Gasteiger partial charge in [-0.3, -0.25) is 0 Å². The highest BCUT2D eigenvalue weighted by atomic mass is 16.1. The normalized spacial score (nSPS) is 11.4. The third kappa shape index (κ3) is 43.3. The van der Waals surface area contributed by atoms with E-state index in [1.807, 2.05) is 0 Å². The van der Waals surface area contributed by atoms with Crippen LogP contribution >= 0.6 is 0 Å². The van der Waals surface area contributed by atoms with Crippen molar-refractivity contribution in [1.82, 2.24) is 5.32 Å². The van der Waals surface area contributed by atoms with Crippen LogP contribution in [0, 0.1) is 0 Å². The number of rotatable bonds is 43. The minimum Gasteiger partial charge on any atom is -0.310 e. The maximum atomic E-state index is 10.3. The Morgan fingerprint density at radius 2 is 0.435 bits per heavy atom. The third-order valence-electron chi connectivity index (χ3n) is 10.2. The molecule has 46 heavy (non-hydrogen) atoms. The molecule has 1 N–H and O–H groups in total. The van der Waals surface area contributed by atoms with Gasteiger partial charge >= 0.3 is 0 Å². The van der Waals surface area contributed by atoms with Crippen LogP contribution in [0.15, 0.2) is 0 Å². The van der Waals surface area contributed by atoms with Gasteiger partial charge in [-0.1, -0.05) is 231 Å². The van der Waals surface area contributed by atoms with E-state index in [0.717, 1.165) is 32.0 Å². The third-order valence-corrected chi connectivity index (χ3v) is 10.2. The van der Waals surface area contributed by atoms with E-state index >= 15 is 0 Å². The molecule has 0 radical (unpaired) electrons. The van der Waals surface area contributed by atoms with E-state index in [-0.39, 0.29) is 0 Å². The highest BCUT2D eigenvalue weighted by Gasteiger charge is 1.98. The van der Waals surface area contributed by atoms with Gasteiger partial charge in [0.25, 0.3) is 0 Å². The first-order chi connectivity index (χ1) is 22.9. The molecule has 0 heterocycles. The van der Waals surface area contributed by atoms with Crippen LogP contribution in [0.5, 0.6) is 0 Å². The zero-order valence-electron chi connectivity index (χ0n) is 31.5. The van der Waals surface area contributed by atoms with Gasteiger partial charge in [0.2, 0.25) is 0 Å². The van der Waals surface area contributed by atoms with Gasteiger partial charge in [-0.25, -0.2) is 0 Å². The molecule has 0 aromatic rings. The first-order valence-corrected chi connectivity index (χ1v) is 21.5. The summed E-state index contributed by atoms with van der Waals surface area (Å²) < 4.78 is 0. The van der Waals surface area contributed by atoms with Gasteiger partial charge < -0.3 is 14.9 Å². The molecule has 0 saturated heterocycles. The van der Waals surface area contributed by atoms with Crippen molar-refractivity contribution in [2.75, 3.05) is 13.1 Å². The smallest absolute Gasteiger partial charge is 0.133 e. The molecule has 3 nitrogen and oxygen atoms in total. The highest BCUT2D eigenvalue weighted by Crippen LogP contribution is 2.17. The number of carbonyl (C=O) groups excluding carboxylic acids is 2. The number of carbonyl (C=O) groups is 2. The van der Waals surface area contributed by atoms with E-state index in [9.17, 15) is 9.59 Å². The molecule has 0 unspecified atom stereocenters. The second-order valence-electron chi connectivity index (χ2n) is 14.8. The van der Waals surface area contributed by atoms with Crippen LogP contribution in [0.4, 0.5) is 0 Å². The number of hydrogen-bond donors (Lipinski definition) is 1. The maximum Gasteiger partial charge on any atom is 0.133 e. The van der Waals surface area contributed by atoms with E-state index in [1.54, 1.807) is 0 Å². The summed E-state index contributed by atoms with van der Waals surface area (Å²) in [7, 11) is 0. The zero-order valence-corrected chi connectivity index (χ0v) is 31.5. The number of nitrogens with one attached hydrogen (secondary N) is 1. The standard InChI is InChI=1S/C43H85NO2/c45-42-39-37-35-33-31-29-27-25-23-21-19-17-15-13-11-9-7-5-3-1-2-4-6-8-10-12-14-16-18-20-22-24-26-28-30-32-34-36-38-40-44-41-43-46/h42-44H,1-41H2. The molecule has 0 aliphatic rings. The molecule has 0 aliphatic heterocycles. The summed E-state index contributed by atoms with van der Waals surface area (Å²) in [4.78, 5) is 20.5. The lowest BCUT2D eigenvalue weighted by atomic mass is 10.0. The Labute approximate surface area is 290 Å². The van der Waals surface area contributed by atoms with Crippen molar-refractivity contribution in [3.63, 3.8) is 0 Å². The lowest BCUT2D eigenvalue weighted by Crippen LogP contribution is -2.17. The molecule has 0 aliphatic carbocycles. The van der Waals surface area contributed by atoms with Crippen LogP contribution in [0.1, 0.15) is 250 Å². The molecule has 0 aromatic heterocycles. The van der Waals surface area contributed by atoms with Gasteiger partial charge in [-0.05, 0) is 19.4 Å². The fourth-order valence-electron chi connectivity index (χ4n) is 7.00. The summed E-state index contributed by atoms with van der Waals surface area (Å²) in [5.41, 5.74) is 0. The SMILES string of the molecule is O=CCCCCCCCCCCCCCCCCCCCCCCCCCCCCCCCCCCCCCCCCNCC=O. The van der Waals surface area contributed by atoms with E-state index < -0.39 is 0 Å². The van der Waals surface area contributed by atoms with Crippen LogP contribution in [0.25, 0.3) is 0 Å². The summed E-state index contributed by atoms with van der Waals surface area (Å²) in [5.74, 6) is 0. The van der Waals surface area contributed by atoms with Gasteiger partial charge in [-0.15, -0.1) is 0 Å². The van der Waals surface area contributed by atoms with Crippen molar-refractivity contribution in [1.29, 1.82) is 0 Å². The summed E-state index contributed by atoms with van der Waals surface area (Å²) in [6.45, 7) is 1.51. The molecule has 0 spiro atoms. The maximum absolute atomic E-state index is 10.3. The fraction of sp³-hybridized carbons (Fsp3) is 0.953. The molecule has 3 heteroatoms. The predicted octanol–water partition coefficient (Wildman–Crippen LogP) is 14.2. The Morgan fingerprint density at radius 1 is 0.239 bits per heavy atom. The number of unbranched alkanes of at least 4 members (excludes halogenated alkanes) is 38. The van der Waals surface area contributed by atoms with Crippen LogP contribution < -0.4 is 5.32 Å². The molecule has 0 aromatic carbocycles. The molecular weight excluding hydrogens is 562 g/mol. The van der Waals surface area contributed by atoms with Crippen molar-refractivity contribution in [2.45, 2.75) is 250 Å². The van der Waals surface area contributed by atoms with Crippen LogP contribution in [0.3, 0.4) is 0 Å². The van der Waals surface area contributed by atoms with Crippen molar-refractivity contribution in [2.24, 2.45) is 0 Å². The second-order valence-corrected chi connectivity index (χ2v) is 14.8. The summed E-state index contributed by atoms with van der Waals surface area (Å²) >= 11 is 0. The van der Waals surface area contributed by atoms with Crippen LogP contribution in [0.2, 0.25) is 0 Å². The molecular formula is C43H85NO2. The van der Waals surface area contributed by atoms with Gasteiger partial charge in [0.05, 0.1) is 6.54 Å². The molecule has 0 fully saturated rings. The molecule has 0 rings (SSSR count). The Bertz CT molecular complexity index is 503. The second kappa shape index (κ2) is 44.3. The Balaban J connectivity index is 3.04. The molecule has 274 valence electrons. The number of hydrogen-bond acceptors (Lipinski definition) is 3. The Morgan fingerprint density at radius 3 is 0.630 bits per heavy atom. The molecule has 0 atom stereocenters. The average Bonchev–Trinajstić information content (AvgIpc) is 3.07. The van der Waals surface area contributed by atoms with Crippen molar-refractivity contribution < 1.29 is 9.59 Å². The largest absolute Gasteiger partial charge is 0.310 e.